The summed E-state index contributed by atoms with van der Waals surface area (Å²) < 4.78 is 9.67. The van der Waals surface area contributed by atoms with Crippen LogP contribution in [0.3, 0.4) is 0 Å². The van der Waals surface area contributed by atoms with Crippen molar-refractivity contribution < 1.29 is 29.0 Å². The van der Waals surface area contributed by atoms with Gasteiger partial charge in [-0.05, 0) is 26.7 Å². The summed E-state index contributed by atoms with van der Waals surface area (Å²) in [7, 11) is 0. The maximum atomic E-state index is 11.3. The Balaban J connectivity index is 3.71. The van der Waals surface area contributed by atoms with E-state index in [0.29, 0.717) is 18.4 Å². The Morgan fingerprint density at radius 3 is 1.95 bits per heavy atom. The third-order valence-electron chi connectivity index (χ3n) is 2.02. The first kappa shape index (κ1) is 16.9. The molecule has 0 atom stereocenters. The van der Waals surface area contributed by atoms with Crippen LogP contribution in [0.5, 0.6) is 0 Å². The molecule has 0 aromatic heterocycles. The SMILES string of the molecule is C=C(C)C(=O)OCCCCOC(=O)C(C)=CC(=O)O. The summed E-state index contributed by atoms with van der Waals surface area (Å²) in [6.45, 7) is 6.74. The second kappa shape index (κ2) is 8.91. The molecule has 6 nitrogen and oxygen atoms in total. The molecule has 0 aromatic carbocycles. The van der Waals surface area contributed by atoms with E-state index in [1.54, 1.807) is 6.92 Å². The lowest BCUT2D eigenvalue weighted by atomic mass is 10.3. The molecule has 6 heteroatoms. The van der Waals surface area contributed by atoms with Gasteiger partial charge in [-0.25, -0.2) is 14.4 Å². The Morgan fingerprint density at radius 1 is 1.05 bits per heavy atom. The number of hydrogen-bond acceptors (Lipinski definition) is 5. The van der Waals surface area contributed by atoms with E-state index < -0.39 is 17.9 Å². The van der Waals surface area contributed by atoms with Crippen LogP contribution in [0.2, 0.25) is 0 Å². The van der Waals surface area contributed by atoms with Crippen molar-refractivity contribution in [1.82, 2.24) is 0 Å². The summed E-state index contributed by atoms with van der Waals surface area (Å²) >= 11 is 0. The zero-order chi connectivity index (χ0) is 14.8. The van der Waals surface area contributed by atoms with Gasteiger partial charge in [0.1, 0.15) is 0 Å². The molecule has 0 saturated heterocycles. The smallest absolute Gasteiger partial charge is 0.333 e. The first-order chi connectivity index (χ1) is 8.84. The molecule has 19 heavy (non-hydrogen) atoms. The van der Waals surface area contributed by atoms with Crippen molar-refractivity contribution in [2.45, 2.75) is 26.7 Å². The van der Waals surface area contributed by atoms with Crippen LogP contribution in [0.15, 0.2) is 23.8 Å². The average Bonchev–Trinajstić information content (AvgIpc) is 2.31. The van der Waals surface area contributed by atoms with E-state index in [9.17, 15) is 14.4 Å². The number of rotatable bonds is 8. The van der Waals surface area contributed by atoms with Gasteiger partial charge in [0, 0.05) is 17.2 Å². The Hall–Kier alpha value is -2.11. The molecule has 0 saturated carbocycles. The highest BCUT2D eigenvalue weighted by Crippen LogP contribution is 2.00. The number of aliphatic carboxylic acids is 1. The van der Waals surface area contributed by atoms with Crippen LogP contribution in [0.25, 0.3) is 0 Å². The number of carboxylic acids is 1. The van der Waals surface area contributed by atoms with Gasteiger partial charge in [0.05, 0.1) is 13.2 Å². The minimum Gasteiger partial charge on any atom is -0.478 e. The Bertz CT molecular complexity index is 394. The van der Waals surface area contributed by atoms with Crippen LogP contribution >= 0.6 is 0 Å². The lowest BCUT2D eigenvalue weighted by molar-refractivity contribution is -0.141. The van der Waals surface area contributed by atoms with Crippen molar-refractivity contribution in [1.29, 1.82) is 0 Å². The van der Waals surface area contributed by atoms with E-state index in [1.807, 2.05) is 0 Å². The number of esters is 2. The number of unbranched alkanes of at least 4 members (excludes halogenated alkanes) is 1. The second-order valence-electron chi connectivity index (χ2n) is 3.92. The minimum absolute atomic E-state index is 0.0289. The molecule has 0 radical (unpaired) electrons. The van der Waals surface area contributed by atoms with E-state index in [2.05, 4.69) is 6.58 Å². The molecular formula is C13H18O6. The van der Waals surface area contributed by atoms with Gasteiger partial charge in [-0.15, -0.1) is 0 Å². The summed E-state index contributed by atoms with van der Waals surface area (Å²) in [5.74, 6) is -2.31. The van der Waals surface area contributed by atoms with Crippen LogP contribution in [0.4, 0.5) is 0 Å². The molecule has 1 N–H and O–H groups in total. The normalized spacial score (nSPS) is 10.7. The Labute approximate surface area is 111 Å². The predicted molar refractivity (Wildman–Crippen MR) is 67.4 cm³/mol. The van der Waals surface area contributed by atoms with Crippen LogP contribution in [0.1, 0.15) is 26.7 Å². The van der Waals surface area contributed by atoms with Gasteiger partial charge in [0.15, 0.2) is 0 Å². The first-order valence-corrected chi connectivity index (χ1v) is 5.75. The van der Waals surface area contributed by atoms with Gasteiger partial charge >= 0.3 is 17.9 Å². The predicted octanol–water partition coefficient (Wildman–Crippen LogP) is 1.46. The summed E-state index contributed by atoms with van der Waals surface area (Å²) in [4.78, 5) is 32.6. The fourth-order valence-electron chi connectivity index (χ4n) is 1.02. The highest BCUT2D eigenvalue weighted by molar-refractivity contribution is 5.95. The van der Waals surface area contributed by atoms with E-state index >= 15 is 0 Å². The lowest BCUT2D eigenvalue weighted by Gasteiger charge is -2.05. The third kappa shape index (κ3) is 8.59. The second-order valence-corrected chi connectivity index (χ2v) is 3.92. The topological polar surface area (TPSA) is 89.9 Å². The van der Waals surface area contributed by atoms with E-state index in [-0.39, 0.29) is 18.8 Å². The molecule has 0 aliphatic carbocycles. The molecule has 0 fully saturated rings. The number of carbonyl (C=O) groups is 3. The molecule has 0 bridgehead atoms. The van der Waals surface area contributed by atoms with Gasteiger partial charge in [-0.1, -0.05) is 6.58 Å². The molecule has 0 rings (SSSR count). The Kier molecular flexibility index (Phi) is 7.92. The quantitative estimate of drug-likeness (QED) is 0.408. The van der Waals surface area contributed by atoms with Gasteiger partial charge in [-0.2, -0.15) is 0 Å². The monoisotopic (exact) mass is 270 g/mol. The molecule has 0 spiro atoms. The average molecular weight is 270 g/mol. The fraction of sp³-hybridized carbons (Fsp3) is 0.462. The minimum atomic E-state index is -1.19. The van der Waals surface area contributed by atoms with Crippen molar-refractivity contribution in [2.24, 2.45) is 0 Å². The third-order valence-corrected chi connectivity index (χ3v) is 2.02. The van der Waals surface area contributed by atoms with Gasteiger partial charge in [0.2, 0.25) is 0 Å². The van der Waals surface area contributed by atoms with Crippen molar-refractivity contribution in [3.05, 3.63) is 23.8 Å². The first-order valence-electron chi connectivity index (χ1n) is 5.75. The lowest BCUT2D eigenvalue weighted by Crippen LogP contribution is -2.10. The van der Waals surface area contributed by atoms with Gasteiger partial charge < -0.3 is 14.6 Å². The maximum absolute atomic E-state index is 11.3. The summed E-state index contributed by atoms with van der Waals surface area (Å²) in [5, 5.41) is 8.43. The summed E-state index contributed by atoms with van der Waals surface area (Å²) in [5.41, 5.74) is 0.363. The van der Waals surface area contributed by atoms with Gasteiger partial charge in [0.25, 0.3) is 0 Å². The summed E-state index contributed by atoms with van der Waals surface area (Å²) in [6, 6.07) is 0. The van der Waals surface area contributed by atoms with Crippen LogP contribution in [-0.2, 0) is 23.9 Å². The highest BCUT2D eigenvalue weighted by Gasteiger charge is 2.07. The highest BCUT2D eigenvalue weighted by atomic mass is 16.5. The zero-order valence-electron chi connectivity index (χ0n) is 11.1. The van der Waals surface area contributed by atoms with Crippen molar-refractivity contribution in [2.75, 3.05) is 13.2 Å². The van der Waals surface area contributed by atoms with Crippen molar-refractivity contribution >= 4 is 17.9 Å². The van der Waals surface area contributed by atoms with Crippen molar-refractivity contribution in [3.8, 4) is 0 Å². The molecule has 0 aromatic rings. The number of carbonyl (C=O) groups excluding carboxylic acids is 2. The van der Waals surface area contributed by atoms with Crippen molar-refractivity contribution in [3.63, 3.8) is 0 Å². The maximum Gasteiger partial charge on any atom is 0.333 e. The largest absolute Gasteiger partial charge is 0.478 e. The zero-order valence-corrected chi connectivity index (χ0v) is 11.1. The van der Waals surface area contributed by atoms with Crippen LogP contribution in [0, 0.1) is 0 Å². The van der Waals surface area contributed by atoms with Gasteiger partial charge in [-0.3, -0.25) is 0 Å². The summed E-state index contributed by atoms with van der Waals surface area (Å²) in [6.07, 6.45) is 1.86. The van der Waals surface area contributed by atoms with E-state index in [0.717, 1.165) is 6.08 Å². The molecule has 0 amide bonds. The standard InChI is InChI=1S/C13H18O6/c1-9(2)12(16)18-6-4-5-7-19-13(17)10(3)8-11(14)15/h8H,1,4-7H2,2-3H3,(H,14,15). The molecule has 0 aliphatic rings. The number of carboxylic acid groups (broad SMARTS) is 1. The molecule has 106 valence electrons. The molecular weight excluding hydrogens is 252 g/mol. The molecule has 0 aliphatic heterocycles. The van der Waals surface area contributed by atoms with E-state index in [4.69, 9.17) is 14.6 Å². The van der Waals surface area contributed by atoms with E-state index in [1.165, 1.54) is 6.92 Å². The molecule has 0 unspecified atom stereocenters. The van der Waals surface area contributed by atoms with Crippen LogP contribution in [-0.4, -0.2) is 36.2 Å². The number of ether oxygens (including phenoxy) is 2. The van der Waals surface area contributed by atoms with Crippen LogP contribution < -0.4 is 0 Å². The number of hydrogen-bond donors (Lipinski definition) is 1. The fourth-order valence-corrected chi connectivity index (χ4v) is 1.02. The molecule has 0 heterocycles. The Morgan fingerprint density at radius 2 is 1.53 bits per heavy atom.